The second-order valence-corrected chi connectivity index (χ2v) is 8.54. The Morgan fingerprint density at radius 2 is 1.79 bits per heavy atom. The van der Waals surface area contributed by atoms with Crippen LogP contribution in [-0.2, 0) is 10.0 Å². The summed E-state index contributed by atoms with van der Waals surface area (Å²) in [6, 6.07) is 12.7. The highest BCUT2D eigenvalue weighted by Gasteiger charge is 2.25. The summed E-state index contributed by atoms with van der Waals surface area (Å²) in [5, 5.41) is 9.11. The van der Waals surface area contributed by atoms with Gasteiger partial charge in [-0.15, -0.1) is 4.83 Å². The van der Waals surface area contributed by atoms with Crippen LogP contribution < -0.4 is 15.0 Å². The van der Waals surface area contributed by atoms with Crippen LogP contribution in [0.5, 0.6) is 5.75 Å². The first-order valence-corrected chi connectivity index (χ1v) is 10.9. The van der Waals surface area contributed by atoms with E-state index in [1.54, 1.807) is 7.11 Å². The molecule has 1 aliphatic rings. The summed E-state index contributed by atoms with van der Waals surface area (Å²) >= 11 is 0. The molecule has 156 valence electrons. The lowest BCUT2D eigenvalue weighted by atomic mass is 10.1. The number of nitrogens with one attached hydrogen (secondary N) is 2. The Hall–Kier alpha value is -2.46. The topological polar surface area (TPSA) is 108 Å². The highest BCUT2D eigenvalue weighted by Crippen LogP contribution is 2.24. The number of carboxylic acid groups (broad SMARTS) is 1. The Bertz CT molecular complexity index is 941. The number of rotatable bonds is 8. The number of hydrazine groups is 1. The molecule has 1 unspecified atom stereocenters. The number of ether oxygens (including phenoxy) is 1. The molecular formula is C20H25N3O5S. The third kappa shape index (κ3) is 5.33. The van der Waals surface area contributed by atoms with Gasteiger partial charge in [0.1, 0.15) is 5.75 Å². The van der Waals surface area contributed by atoms with Crippen molar-refractivity contribution in [3.63, 3.8) is 0 Å². The van der Waals surface area contributed by atoms with Gasteiger partial charge in [0, 0.05) is 0 Å². The van der Waals surface area contributed by atoms with Crippen molar-refractivity contribution in [1.82, 2.24) is 15.2 Å². The summed E-state index contributed by atoms with van der Waals surface area (Å²) in [4.78, 5) is 15.6. The summed E-state index contributed by atoms with van der Waals surface area (Å²) in [5.74, 6) is -0.461. The van der Waals surface area contributed by atoms with Gasteiger partial charge in [-0.3, -0.25) is 4.90 Å². The van der Waals surface area contributed by atoms with E-state index in [1.807, 2.05) is 24.3 Å². The van der Waals surface area contributed by atoms with E-state index in [4.69, 9.17) is 9.84 Å². The number of hydrogen-bond donors (Lipinski definition) is 3. The summed E-state index contributed by atoms with van der Waals surface area (Å²) in [6.45, 7) is 1.69. The van der Waals surface area contributed by atoms with Crippen molar-refractivity contribution in [2.24, 2.45) is 0 Å². The second-order valence-electron chi connectivity index (χ2n) is 6.86. The smallest absolute Gasteiger partial charge is 0.335 e. The van der Waals surface area contributed by atoms with Gasteiger partial charge >= 0.3 is 5.97 Å². The van der Waals surface area contributed by atoms with Crippen molar-refractivity contribution in [2.45, 2.75) is 30.3 Å². The SMILES string of the molecule is COc1ccc(C(NNS(=O)(=O)c2cccc(C(=O)O)c2)N2CCCCC2)cc1. The van der Waals surface area contributed by atoms with E-state index >= 15 is 0 Å². The van der Waals surface area contributed by atoms with E-state index in [-0.39, 0.29) is 16.6 Å². The van der Waals surface area contributed by atoms with Crippen LogP contribution in [0, 0.1) is 0 Å². The van der Waals surface area contributed by atoms with Gasteiger partial charge in [0.25, 0.3) is 10.0 Å². The molecule has 1 aliphatic heterocycles. The molecule has 1 heterocycles. The van der Waals surface area contributed by atoms with Crippen molar-refractivity contribution < 1.29 is 23.1 Å². The van der Waals surface area contributed by atoms with Crippen molar-refractivity contribution in [3.05, 3.63) is 59.7 Å². The van der Waals surface area contributed by atoms with Crippen LogP contribution in [0.4, 0.5) is 0 Å². The molecule has 1 atom stereocenters. The molecule has 2 aromatic carbocycles. The van der Waals surface area contributed by atoms with Gasteiger partial charge in [-0.05, 0) is 61.8 Å². The summed E-state index contributed by atoms with van der Waals surface area (Å²) in [6.07, 6.45) is 2.88. The minimum Gasteiger partial charge on any atom is -0.497 e. The van der Waals surface area contributed by atoms with Crippen molar-refractivity contribution >= 4 is 16.0 Å². The highest BCUT2D eigenvalue weighted by atomic mass is 32.2. The lowest BCUT2D eigenvalue weighted by Gasteiger charge is -2.35. The molecule has 0 radical (unpaired) electrons. The summed E-state index contributed by atoms with van der Waals surface area (Å²) < 4.78 is 30.6. The van der Waals surface area contributed by atoms with Crippen LogP contribution in [0.2, 0.25) is 0 Å². The van der Waals surface area contributed by atoms with E-state index in [9.17, 15) is 13.2 Å². The fraction of sp³-hybridized carbons (Fsp3) is 0.350. The number of aromatic carboxylic acids is 1. The zero-order valence-electron chi connectivity index (χ0n) is 16.2. The van der Waals surface area contributed by atoms with Crippen LogP contribution in [0.25, 0.3) is 0 Å². The summed E-state index contributed by atoms with van der Waals surface area (Å²) in [5.41, 5.74) is 3.74. The van der Waals surface area contributed by atoms with Gasteiger partial charge in [0.2, 0.25) is 0 Å². The van der Waals surface area contributed by atoms with Crippen molar-refractivity contribution in [1.29, 1.82) is 0 Å². The Balaban J connectivity index is 1.81. The third-order valence-corrected chi connectivity index (χ3v) is 6.17. The standard InChI is InChI=1S/C20H25N3O5S/c1-28-17-10-8-15(9-11-17)19(23-12-3-2-4-13-23)21-22-29(26,27)18-7-5-6-16(14-18)20(24)25/h5-11,14,19,21-22H,2-4,12-13H2,1H3,(H,24,25). The van der Waals surface area contributed by atoms with Crippen LogP contribution in [0.1, 0.15) is 41.3 Å². The number of carboxylic acids is 1. The molecular weight excluding hydrogens is 394 g/mol. The van der Waals surface area contributed by atoms with E-state index in [0.717, 1.165) is 49.7 Å². The van der Waals surface area contributed by atoms with Crippen LogP contribution in [-0.4, -0.2) is 44.6 Å². The molecule has 2 aromatic rings. The maximum Gasteiger partial charge on any atom is 0.335 e. The first-order chi connectivity index (χ1) is 13.9. The largest absolute Gasteiger partial charge is 0.497 e. The zero-order chi connectivity index (χ0) is 20.9. The highest BCUT2D eigenvalue weighted by molar-refractivity contribution is 7.89. The number of piperidine rings is 1. The fourth-order valence-electron chi connectivity index (χ4n) is 3.34. The predicted molar refractivity (Wildman–Crippen MR) is 108 cm³/mol. The summed E-state index contributed by atoms with van der Waals surface area (Å²) in [7, 11) is -2.35. The Morgan fingerprint density at radius 1 is 1.10 bits per heavy atom. The van der Waals surface area contributed by atoms with Gasteiger partial charge in [0.15, 0.2) is 0 Å². The average Bonchev–Trinajstić information content (AvgIpc) is 2.75. The first kappa shape index (κ1) is 21.3. The van der Waals surface area contributed by atoms with E-state index < -0.39 is 16.0 Å². The second kappa shape index (κ2) is 9.36. The average molecular weight is 420 g/mol. The number of methoxy groups -OCH3 is 1. The molecule has 0 spiro atoms. The quantitative estimate of drug-likeness (QED) is 0.564. The lowest BCUT2D eigenvalue weighted by molar-refractivity contribution is 0.0696. The number of nitrogens with zero attached hydrogens (tertiary/aromatic N) is 1. The number of benzene rings is 2. The molecule has 0 saturated carbocycles. The van der Waals surface area contributed by atoms with E-state index in [0.29, 0.717) is 0 Å². The lowest BCUT2D eigenvalue weighted by Crippen LogP contribution is -2.48. The van der Waals surface area contributed by atoms with Gasteiger partial charge in [-0.2, -0.15) is 0 Å². The predicted octanol–water partition coefficient (Wildman–Crippen LogP) is 2.36. The maximum atomic E-state index is 12.7. The molecule has 0 aliphatic carbocycles. The van der Waals surface area contributed by atoms with E-state index in [1.165, 1.54) is 18.2 Å². The Kier molecular flexibility index (Phi) is 6.86. The Labute approximate surface area is 170 Å². The van der Waals surface area contributed by atoms with Crippen molar-refractivity contribution in [2.75, 3.05) is 20.2 Å². The number of likely N-dealkylation sites (tertiary alicyclic amines) is 1. The first-order valence-electron chi connectivity index (χ1n) is 9.39. The van der Waals surface area contributed by atoms with Crippen molar-refractivity contribution in [3.8, 4) is 5.75 Å². The fourth-order valence-corrected chi connectivity index (χ4v) is 4.26. The molecule has 8 nitrogen and oxygen atoms in total. The minimum atomic E-state index is -3.95. The molecule has 9 heteroatoms. The van der Waals surface area contributed by atoms with Gasteiger partial charge < -0.3 is 9.84 Å². The van der Waals surface area contributed by atoms with Gasteiger partial charge in [-0.25, -0.2) is 18.6 Å². The molecule has 3 rings (SSSR count). The molecule has 1 fully saturated rings. The normalized spacial score (nSPS) is 16.3. The van der Waals surface area contributed by atoms with E-state index in [2.05, 4.69) is 15.2 Å². The Morgan fingerprint density at radius 3 is 2.41 bits per heavy atom. The number of hydrogen-bond acceptors (Lipinski definition) is 6. The minimum absolute atomic E-state index is 0.0874. The number of carbonyl (C=O) groups is 1. The molecule has 1 saturated heterocycles. The molecule has 3 N–H and O–H groups in total. The van der Waals surface area contributed by atoms with Crippen LogP contribution in [0.3, 0.4) is 0 Å². The molecule has 0 bridgehead atoms. The monoisotopic (exact) mass is 419 g/mol. The number of sulfonamides is 1. The zero-order valence-corrected chi connectivity index (χ0v) is 17.0. The van der Waals surface area contributed by atoms with Crippen LogP contribution >= 0.6 is 0 Å². The molecule has 0 amide bonds. The van der Waals surface area contributed by atoms with Gasteiger partial charge in [-0.1, -0.05) is 24.6 Å². The molecule has 0 aromatic heterocycles. The third-order valence-electron chi connectivity index (χ3n) is 4.91. The maximum absolute atomic E-state index is 12.7. The van der Waals surface area contributed by atoms with Crippen LogP contribution in [0.15, 0.2) is 53.4 Å². The van der Waals surface area contributed by atoms with Gasteiger partial charge in [0.05, 0.1) is 23.7 Å². The molecule has 29 heavy (non-hydrogen) atoms.